The van der Waals surface area contributed by atoms with Crippen LogP contribution < -0.4 is 0 Å². The maximum atomic E-state index is 12.4. The fourth-order valence-corrected chi connectivity index (χ4v) is 3.82. The number of hydrogen-bond acceptors (Lipinski definition) is 5. The monoisotopic (exact) mass is 314 g/mol. The molecule has 0 spiro atoms. The van der Waals surface area contributed by atoms with E-state index in [-0.39, 0.29) is 11.4 Å². The summed E-state index contributed by atoms with van der Waals surface area (Å²) in [4.78, 5) is 15.0. The molecule has 2 rings (SSSR count). The zero-order valence-electron chi connectivity index (χ0n) is 11.0. The topological polar surface area (TPSA) is 87.6 Å². The lowest BCUT2D eigenvalue weighted by Crippen LogP contribution is -2.33. The summed E-state index contributed by atoms with van der Waals surface area (Å²) in [5.41, 5.74) is 2.40. The van der Waals surface area contributed by atoms with Crippen LogP contribution in [0.3, 0.4) is 0 Å². The smallest absolute Gasteiger partial charge is 0.307 e. The van der Waals surface area contributed by atoms with Crippen LogP contribution in [0.5, 0.6) is 0 Å². The first-order valence-electron chi connectivity index (χ1n) is 5.85. The standard InChI is InChI=1S/C12H14N2O4S2/c1-8(12(15)16)6-14(2)20(17,18)9-3-4-10-11(5-9)19-7-13-10/h3-5,7-8H,6H2,1-2H3,(H,15,16). The summed E-state index contributed by atoms with van der Waals surface area (Å²) in [6.07, 6.45) is 0. The van der Waals surface area contributed by atoms with Crippen molar-refractivity contribution in [2.45, 2.75) is 11.8 Å². The number of aliphatic carboxylic acids is 1. The van der Waals surface area contributed by atoms with Crippen LogP contribution in [-0.2, 0) is 14.8 Å². The van der Waals surface area contributed by atoms with Crippen molar-refractivity contribution in [1.82, 2.24) is 9.29 Å². The molecule has 2 aromatic rings. The van der Waals surface area contributed by atoms with E-state index in [1.165, 1.54) is 31.4 Å². The van der Waals surface area contributed by atoms with Gasteiger partial charge in [0.2, 0.25) is 10.0 Å². The number of rotatable bonds is 5. The Balaban J connectivity index is 2.31. The zero-order valence-corrected chi connectivity index (χ0v) is 12.6. The lowest BCUT2D eigenvalue weighted by atomic mass is 10.2. The molecule has 8 heteroatoms. The van der Waals surface area contributed by atoms with Crippen molar-refractivity contribution in [3.05, 3.63) is 23.7 Å². The van der Waals surface area contributed by atoms with Gasteiger partial charge in [-0.15, -0.1) is 11.3 Å². The molecule has 6 nitrogen and oxygen atoms in total. The Morgan fingerprint density at radius 3 is 2.85 bits per heavy atom. The predicted octanol–water partition coefficient (Wildman–Crippen LogP) is 1.64. The van der Waals surface area contributed by atoms with Crippen LogP contribution in [0.4, 0.5) is 0 Å². The number of carboxylic acids is 1. The van der Waals surface area contributed by atoms with Gasteiger partial charge in [-0.3, -0.25) is 4.79 Å². The van der Waals surface area contributed by atoms with E-state index in [0.29, 0.717) is 0 Å². The largest absolute Gasteiger partial charge is 0.481 e. The number of carbonyl (C=O) groups is 1. The van der Waals surface area contributed by atoms with Crippen LogP contribution in [0.1, 0.15) is 6.92 Å². The molecule has 1 aromatic carbocycles. The van der Waals surface area contributed by atoms with Gasteiger partial charge in [0.25, 0.3) is 0 Å². The summed E-state index contributed by atoms with van der Waals surface area (Å²) in [5.74, 6) is -1.79. The van der Waals surface area contributed by atoms with Crippen molar-refractivity contribution in [3.63, 3.8) is 0 Å². The number of thiazole rings is 1. The number of hydrogen-bond donors (Lipinski definition) is 1. The third kappa shape index (κ3) is 2.82. The van der Waals surface area contributed by atoms with Crippen molar-refractivity contribution in [3.8, 4) is 0 Å². The second-order valence-electron chi connectivity index (χ2n) is 4.51. The van der Waals surface area contributed by atoms with E-state index >= 15 is 0 Å². The van der Waals surface area contributed by atoms with Gasteiger partial charge in [-0.05, 0) is 18.2 Å². The average molecular weight is 314 g/mol. The predicted molar refractivity (Wildman–Crippen MR) is 76.2 cm³/mol. The zero-order chi connectivity index (χ0) is 14.9. The summed E-state index contributed by atoms with van der Waals surface area (Å²) in [6.45, 7) is 1.40. The first-order valence-corrected chi connectivity index (χ1v) is 8.16. The van der Waals surface area contributed by atoms with E-state index in [9.17, 15) is 13.2 Å². The average Bonchev–Trinajstić information content (AvgIpc) is 2.85. The van der Waals surface area contributed by atoms with Gasteiger partial charge in [0.15, 0.2) is 0 Å². The number of benzene rings is 1. The highest BCUT2D eigenvalue weighted by Crippen LogP contribution is 2.23. The minimum absolute atomic E-state index is 0.0710. The van der Waals surface area contributed by atoms with Gasteiger partial charge < -0.3 is 5.11 Å². The number of nitrogens with zero attached hydrogens (tertiary/aromatic N) is 2. The summed E-state index contributed by atoms with van der Waals surface area (Å²) < 4.78 is 26.6. The molecule has 0 radical (unpaired) electrons. The van der Waals surface area contributed by atoms with E-state index < -0.39 is 21.9 Å². The summed E-state index contributed by atoms with van der Waals surface area (Å²) >= 11 is 1.36. The molecular formula is C12H14N2O4S2. The molecule has 1 heterocycles. The second-order valence-corrected chi connectivity index (χ2v) is 7.44. The molecule has 0 aliphatic rings. The van der Waals surface area contributed by atoms with E-state index in [4.69, 9.17) is 5.11 Å². The van der Waals surface area contributed by atoms with Gasteiger partial charge in [0.05, 0.1) is 26.5 Å². The molecule has 1 unspecified atom stereocenters. The van der Waals surface area contributed by atoms with E-state index in [2.05, 4.69) is 4.98 Å². The lowest BCUT2D eigenvalue weighted by Gasteiger charge is -2.19. The molecule has 1 N–H and O–H groups in total. The van der Waals surface area contributed by atoms with Crippen molar-refractivity contribution in [2.75, 3.05) is 13.6 Å². The minimum Gasteiger partial charge on any atom is -0.481 e. The molecule has 1 aromatic heterocycles. The van der Waals surface area contributed by atoms with E-state index in [1.807, 2.05) is 0 Å². The number of fused-ring (bicyclic) bond motifs is 1. The Bertz CT molecular complexity index is 739. The van der Waals surface area contributed by atoms with Crippen molar-refractivity contribution in [2.24, 2.45) is 5.92 Å². The third-order valence-electron chi connectivity index (χ3n) is 2.96. The van der Waals surface area contributed by atoms with Gasteiger partial charge in [-0.1, -0.05) is 6.92 Å². The minimum atomic E-state index is -3.69. The van der Waals surface area contributed by atoms with Crippen molar-refractivity contribution < 1.29 is 18.3 Å². The van der Waals surface area contributed by atoms with E-state index in [1.54, 1.807) is 17.6 Å². The Morgan fingerprint density at radius 1 is 1.50 bits per heavy atom. The van der Waals surface area contributed by atoms with Crippen LogP contribution in [0.2, 0.25) is 0 Å². The fraction of sp³-hybridized carbons (Fsp3) is 0.333. The first-order chi connectivity index (χ1) is 9.32. The van der Waals surface area contributed by atoms with Gasteiger partial charge in [-0.25, -0.2) is 17.7 Å². The highest BCUT2D eigenvalue weighted by atomic mass is 32.2. The van der Waals surface area contributed by atoms with Gasteiger partial charge in [0.1, 0.15) is 0 Å². The SMILES string of the molecule is CC(CN(C)S(=O)(=O)c1ccc2ncsc2c1)C(=O)O. The molecule has 0 amide bonds. The molecular weight excluding hydrogens is 300 g/mol. The maximum Gasteiger partial charge on any atom is 0.307 e. The molecule has 20 heavy (non-hydrogen) atoms. The number of aromatic nitrogens is 1. The lowest BCUT2D eigenvalue weighted by molar-refractivity contribution is -0.141. The molecule has 1 atom stereocenters. The molecule has 0 fully saturated rings. The maximum absolute atomic E-state index is 12.4. The summed E-state index contributed by atoms with van der Waals surface area (Å²) in [7, 11) is -2.31. The highest BCUT2D eigenvalue weighted by Gasteiger charge is 2.25. The van der Waals surface area contributed by atoms with Crippen molar-refractivity contribution in [1.29, 1.82) is 0 Å². The van der Waals surface area contributed by atoms with E-state index in [0.717, 1.165) is 14.5 Å². The van der Waals surface area contributed by atoms with Crippen LogP contribution in [0.15, 0.2) is 28.6 Å². The molecule has 0 saturated heterocycles. The van der Waals surface area contributed by atoms with Gasteiger partial charge in [-0.2, -0.15) is 0 Å². The molecule has 0 saturated carbocycles. The van der Waals surface area contributed by atoms with Crippen molar-refractivity contribution >= 4 is 37.5 Å². The van der Waals surface area contributed by atoms with Crippen LogP contribution in [-0.4, -0.2) is 42.4 Å². The Kier molecular flexibility index (Phi) is 4.07. The fourth-order valence-electron chi connectivity index (χ4n) is 1.74. The first kappa shape index (κ1) is 14.9. The Hall–Kier alpha value is -1.51. The third-order valence-corrected chi connectivity index (χ3v) is 5.57. The molecule has 0 aliphatic carbocycles. The Labute approximate surface area is 120 Å². The summed E-state index contributed by atoms with van der Waals surface area (Å²) in [5, 5.41) is 8.85. The quantitative estimate of drug-likeness (QED) is 0.906. The van der Waals surface area contributed by atoms with Crippen LogP contribution in [0.25, 0.3) is 10.2 Å². The van der Waals surface area contributed by atoms with Crippen LogP contribution in [0, 0.1) is 5.92 Å². The van der Waals surface area contributed by atoms with Gasteiger partial charge in [0, 0.05) is 13.6 Å². The number of sulfonamides is 1. The Morgan fingerprint density at radius 2 is 2.20 bits per heavy atom. The molecule has 0 aliphatic heterocycles. The molecule has 0 bridgehead atoms. The number of carboxylic acid groups (broad SMARTS) is 1. The normalized spacial score (nSPS) is 13.8. The highest BCUT2D eigenvalue weighted by molar-refractivity contribution is 7.89. The second kappa shape index (κ2) is 5.47. The van der Waals surface area contributed by atoms with Crippen LogP contribution >= 0.6 is 11.3 Å². The summed E-state index contributed by atoms with van der Waals surface area (Å²) in [6, 6.07) is 4.69. The molecule has 108 valence electrons. The van der Waals surface area contributed by atoms with Gasteiger partial charge >= 0.3 is 5.97 Å².